The maximum atomic E-state index is 6.20. The molecule has 22 heavy (non-hydrogen) atoms. The first-order valence-electron chi connectivity index (χ1n) is 7.74. The lowest BCUT2D eigenvalue weighted by molar-refractivity contribution is 0.647. The van der Waals surface area contributed by atoms with E-state index in [9.17, 15) is 0 Å². The molecule has 0 saturated heterocycles. The third-order valence-corrected chi connectivity index (χ3v) is 4.56. The van der Waals surface area contributed by atoms with Crippen molar-refractivity contribution in [2.24, 2.45) is 5.92 Å². The first-order chi connectivity index (χ1) is 10.5. The summed E-state index contributed by atoms with van der Waals surface area (Å²) in [6.45, 7) is 7.52. The second-order valence-corrected chi connectivity index (χ2v) is 7.01. The topological polar surface area (TPSA) is 12.0 Å². The highest BCUT2D eigenvalue weighted by Gasteiger charge is 2.08. The van der Waals surface area contributed by atoms with Crippen LogP contribution in [0.1, 0.15) is 37.8 Å². The van der Waals surface area contributed by atoms with Crippen LogP contribution in [-0.4, -0.2) is 6.54 Å². The quantitative estimate of drug-likeness (QED) is 0.643. The van der Waals surface area contributed by atoms with Crippen LogP contribution in [0, 0.1) is 5.92 Å². The van der Waals surface area contributed by atoms with Gasteiger partial charge in [-0.1, -0.05) is 74.3 Å². The summed E-state index contributed by atoms with van der Waals surface area (Å²) in [7, 11) is 0. The van der Waals surface area contributed by atoms with Crippen molar-refractivity contribution in [3.05, 3.63) is 63.6 Å². The normalized spacial score (nSPS) is 12.5. The monoisotopic (exact) mass is 335 g/mol. The molecule has 0 heterocycles. The van der Waals surface area contributed by atoms with E-state index in [4.69, 9.17) is 23.2 Å². The predicted molar refractivity (Wildman–Crippen MR) is 98.4 cm³/mol. The second kappa shape index (κ2) is 7.89. The van der Waals surface area contributed by atoms with Crippen LogP contribution < -0.4 is 5.32 Å². The maximum Gasteiger partial charge on any atom is 0.0823 e. The van der Waals surface area contributed by atoms with Gasteiger partial charge in [0, 0.05) is 6.54 Å². The van der Waals surface area contributed by atoms with Gasteiger partial charge in [-0.25, -0.2) is 0 Å². The van der Waals surface area contributed by atoms with Gasteiger partial charge in [0.2, 0.25) is 0 Å². The van der Waals surface area contributed by atoms with E-state index >= 15 is 0 Å². The molecule has 0 aliphatic carbocycles. The zero-order chi connectivity index (χ0) is 16.1. The lowest BCUT2D eigenvalue weighted by Crippen LogP contribution is -2.10. The maximum absolute atomic E-state index is 6.20. The largest absolute Gasteiger partial charge is 0.383 e. The molecule has 0 amide bonds. The molecule has 1 unspecified atom stereocenters. The molecule has 2 aromatic rings. The summed E-state index contributed by atoms with van der Waals surface area (Å²) in [6.07, 6.45) is 1.13. The molecule has 1 N–H and O–H groups in total. The molecule has 0 aliphatic heterocycles. The summed E-state index contributed by atoms with van der Waals surface area (Å²) in [5.41, 5.74) is 3.62. The highest BCUT2D eigenvalue weighted by Crippen LogP contribution is 2.30. The van der Waals surface area contributed by atoms with E-state index in [0.29, 0.717) is 21.9 Å². The lowest BCUT2D eigenvalue weighted by atomic mass is 9.97. The Balaban J connectivity index is 1.97. The van der Waals surface area contributed by atoms with E-state index in [2.05, 4.69) is 50.4 Å². The summed E-state index contributed by atoms with van der Waals surface area (Å²) >= 11 is 12.2. The number of hydrogen-bond acceptors (Lipinski definition) is 1. The van der Waals surface area contributed by atoms with Crippen LogP contribution in [0.25, 0.3) is 0 Å². The minimum atomic E-state index is 0.406. The fourth-order valence-corrected chi connectivity index (χ4v) is 2.84. The first kappa shape index (κ1) is 17.2. The van der Waals surface area contributed by atoms with Gasteiger partial charge in [-0.2, -0.15) is 0 Å². The van der Waals surface area contributed by atoms with Crippen molar-refractivity contribution >= 4 is 28.9 Å². The van der Waals surface area contributed by atoms with E-state index in [1.54, 1.807) is 6.07 Å². The predicted octanol–water partition coefficient (Wildman–Crippen LogP) is 6.41. The molecule has 2 aromatic carbocycles. The van der Waals surface area contributed by atoms with E-state index in [1.165, 1.54) is 11.1 Å². The number of hydrogen-bond donors (Lipinski definition) is 1. The van der Waals surface area contributed by atoms with Crippen molar-refractivity contribution in [1.29, 1.82) is 0 Å². The molecule has 118 valence electrons. The molecule has 0 spiro atoms. The Morgan fingerprint density at radius 2 is 1.64 bits per heavy atom. The zero-order valence-corrected chi connectivity index (χ0v) is 14.9. The number of benzene rings is 2. The van der Waals surface area contributed by atoms with Crippen molar-refractivity contribution in [1.82, 2.24) is 0 Å². The van der Waals surface area contributed by atoms with Crippen LogP contribution in [0.3, 0.4) is 0 Å². The highest BCUT2D eigenvalue weighted by molar-refractivity contribution is 6.43. The smallest absolute Gasteiger partial charge is 0.0823 e. The summed E-state index contributed by atoms with van der Waals surface area (Å²) in [5.74, 6) is 1.10. The first-order valence-corrected chi connectivity index (χ1v) is 8.49. The average molecular weight is 336 g/mol. The van der Waals surface area contributed by atoms with E-state index in [-0.39, 0.29) is 0 Å². The van der Waals surface area contributed by atoms with Crippen LogP contribution >= 0.6 is 23.2 Å². The number of rotatable bonds is 6. The molecule has 0 aliphatic rings. The van der Waals surface area contributed by atoms with Gasteiger partial charge < -0.3 is 5.32 Å². The molecule has 0 fully saturated rings. The lowest BCUT2D eigenvalue weighted by Gasteiger charge is -2.16. The van der Waals surface area contributed by atoms with E-state index in [1.807, 2.05) is 12.1 Å². The number of nitrogens with one attached hydrogen (secondary N) is 1. The standard InChI is InChI=1S/C19H23Cl2N/c1-13(2)11-15-7-9-16(10-8-15)14(3)12-22-18-6-4-5-17(20)19(18)21/h4-10,13-14,22H,11-12H2,1-3H3. The molecule has 1 nitrogen and oxygen atoms in total. The molecule has 1 atom stereocenters. The minimum absolute atomic E-state index is 0.406. The minimum Gasteiger partial charge on any atom is -0.383 e. The highest BCUT2D eigenvalue weighted by atomic mass is 35.5. The summed E-state index contributed by atoms with van der Waals surface area (Å²) in [4.78, 5) is 0. The van der Waals surface area contributed by atoms with Crippen LogP contribution in [0.15, 0.2) is 42.5 Å². The molecule has 0 radical (unpaired) electrons. The summed E-state index contributed by atoms with van der Waals surface area (Å²) in [6, 6.07) is 14.6. The fraction of sp³-hybridized carbons (Fsp3) is 0.368. The van der Waals surface area contributed by atoms with Gasteiger partial charge in [0.25, 0.3) is 0 Å². The van der Waals surface area contributed by atoms with Gasteiger partial charge in [-0.15, -0.1) is 0 Å². The Bertz CT molecular complexity index is 605. The molecule has 0 bridgehead atoms. The van der Waals surface area contributed by atoms with E-state index < -0.39 is 0 Å². The molecule has 3 heteroatoms. The SMILES string of the molecule is CC(C)Cc1ccc(C(C)CNc2cccc(Cl)c2Cl)cc1. The van der Waals surface area contributed by atoms with Crippen molar-refractivity contribution in [2.75, 3.05) is 11.9 Å². The Labute approximate surface area is 143 Å². The second-order valence-electron chi connectivity index (χ2n) is 6.22. The van der Waals surface area contributed by atoms with Gasteiger partial charge in [-0.3, -0.25) is 0 Å². The van der Waals surface area contributed by atoms with Gasteiger partial charge in [-0.05, 0) is 41.5 Å². The van der Waals surface area contributed by atoms with Crippen LogP contribution in [0.5, 0.6) is 0 Å². The van der Waals surface area contributed by atoms with Gasteiger partial charge in [0.15, 0.2) is 0 Å². The summed E-state index contributed by atoms with van der Waals surface area (Å²) < 4.78 is 0. The Kier molecular flexibility index (Phi) is 6.16. The molecule has 2 rings (SSSR count). The molecule has 0 aromatic heterocycles. The van der Waals surface area contributed by atoms with Gasteiger partial charge in [0.1, 0.15) is 0 Å². The van der Waals surface area contributed by atoms with Gasteiger partial charge in [0.05, 0.1) is 15.7 Å². The van der Waals surface area contributed by atoms with Crippen molar-refractivity contribution < 1.29 is 0 Å². The number of anilines is 1. The Morgan fingerprint density at radius 1 is 0.955 bits per heavy atom. The van der Waals surface area contributed by atoms with Crippen molar-refractivity contribution in [3.8, 4) is 0 Å². The number of halogens is 2. The third-order valence-electron chi connectivity index (χ3n) is 3.74. The fourth-order valence-electron chi connectivity index (χ4n) is 2.47. The zero-order valence-electron chi connectivity index (χ0n) is 13.4. The Morgan fingerprint density at radius 3 is 2.27 bits per heavy atom. The van der Waals surface area contributed by atoms with Crippen LogP contribution in [0.4, 0.5) is 5.69 Å². The molecule has 0 saturated carbocycles. The Hall–Kier alpha value is -1.18. The molecular weight excluding hydrogens is 313 g/mol. The van der Waals surface area contributed by atoms with Crippen molar-refractivity contribution in [2.45, 2.75) is 33.1 Å². The molecular formula is C19H23Cl2N. The van der Waals surface area contributed by atoms with Gasteiger partial charge >= 0.3 is 0 Å². The van der Waals surface area contributed by atoms with Crippen LogP contribution in [0.2, 0.25) is 10.0 Å². The van der Waals surface area contributed by atoms with E-state index in [0.717, 1.165) is 18.7 Å². The summed E-state index contributed by atoms with van der Waals surface area (Å²) in [5, 5.41) is 4.55. The van der Waals surface area contributed by atoms with Crippen molar-refractivity contribution in [3.63, 3.8) is 0 Å². The average Bonchev–Trinajstić information content (AvgIpc) is 2.48. The van der Waals surface area contributed by atoms with Crippen LogP contribution in [-0.2, 0) is 6.42 Å². The third kappa shape index (κ3) is 4.66.